The van der Waals surface area contributed by atoms with Crippen molar-refractivity contribution in [2.24, 2.45) is 0 Å². The molecule has 2 aromatic carbocycles. The largest absolute Gasteiger partial charge is 0.398 e. The highest BCUT2D eigenvalue weighted by atomic mass is 19.1. The van der Waals surface area contributed by atoms with E-state index in [9.17, 15) is 18.7 Å². The van der Waals surface area contributed by atoms with Crippen LogP contribution in [0.2, 0.25) is 0 Å². The van der Waals surface area contributed by atoms with Crippen LogP contribution in [-0.2, 0) is 12.1 Å². The molecule has 23 heavy (non-hydrogen) atoms. The summed E-state index contributed by atoms with van der Waals surface area (Å²) in [4.78, 5) is 12.1. The molecule has 6 heteroatoms. The Morgan fingerprint density at radius 1 is 1.22 bits per heavy atom. The molecular weight excluding hydrogens is 302 g/mol. The van der Waals surface area contributed by atoms with Crippen LogP contribution >= 0.6 is 0 Å². The number of anilines is 1. The Labute approximate surface area is 132 Å². The van der Waals surface area contributed by atoms with Crippen LogP contribution in [0.4, 0.5) is 14.5 Å². The van der Waals surface area contributed by atoms with Crippen molar-refractivity contribution in [1.29, 1.82) is 0 Å². The number of carbonyl (C=O) groups is 1. The highest BCUT2D eigenvalue weighted by Gasteiger charge is 2.20. The molecule has 0 aliphatic heterocycles. The summed E-state index contributed by atoms with van der Waals surface area (Å²) in [6.45, 7) is 2.89. The number of nitrogens with one attached hydrogen (secondary N) is 1. The summed E-state index contributed by atoms with van der Waals surface area (Å²) in [6.07, 6.45) is 0. The summed E-state index contributed by atoms with van der Waals surface area (Å²) in [5, 5.41) is 12.4. The van der Waals surface area contributed by atoms with E-state index < -0.39 is 23.1 Å². The van der Waals surface area contributed by atoms with Crippen molar-refractivity contribution in [2.75, 3.05) is 5.73 Å². The minimum atomic E-state index is -1.13. The van der Waals surface area contributed by atoms with E-state index in [-0.39, 0.29) is 23.4 Å². The maximum absolute atomic E-state index is 13.5. The van der Waals surface area contributed by atoms with Gasteiger partial charge in [-0.05, 0) is 38.1 Å². The molecule has 0 aliphatic rings. The number of carbonyl (C=O) groups excluding carboxylic acids is 1. The third kappa shape index (κ3) is 3.84. The van der Waals surface area contributed by atoms with Crippen molar-refractivity contribution in [1.82, 2.24) is 5.32 Å². The van der Waals surface area contributed by atoms with Gasteiger partial charge < -0.3 is 16.2 Å². The number of halogens is 2. The average molecular weight is 320 g/mol. The number of nitrogen functional groups attached to an aromatic ring is 1. The van der Waals surface area contributed by atoms with Gasteiger partial charge in [-0.15, -0.1) is 0 Å². The predicted octanol–water partition coefficient (Wildman–Crippen LogP) is 2.70. The quantitative estimate of drug-likeness (QED) is 0.758. The first-order valence-corrected chi connectivity index (χ1v) is 7.03. The Morgan fingerprint density at radius 3 is 2.35 bits per heavy atom. The van der Waals surface area contributed by atoms with Crippen LogP contribution in [0.5, 0.6) is 0 Å². The third-order valence-electron chi connectivity index (χ3n) is 3.46. The van der Waals surface area contributed by atoms with E-state index in [1.54, 1.807) is 19.9 Å². The van der Waals surface area contributed by atoms with Gasteiger partial charge in [0.05, 0.1) is 5.60 Å². The van der Waals surface area contributed by atoms with Crippen LogP contribution in [0, 0.1) is 11.6 Å². The molecule has 0 spiro atoms. The van der Waals surface area contributed by atoms with Gasteiger partial charge in [0, 0.05) is 28.9 Å². The Morgan fingerprint density at radius 2 is 1.83 bits per heavy atom. The lowest BCUT2D eigenvalue weighted by Gasteiger charge is -2.20. The van der Waals surface area contributed by atoms with Crippen LogP contribution in [0.1, 0.15) is 35.3 Å². The maximum atomic E-state index is 13.5. The standard InChI is InChI=1S/C17H18F2N2O2/c1-17(2,23)12-7-6-10(8-15(12)20)16(22)21-9-11-13(18)4-3-5-14(11)19/h3-8,23H,9,20H2,1-2H3,(H,21,22). The van der Waals surface area contributed by atoms with Gasteiger partial charge in [-0.1, -0.05) is 12.1 Å². The second-order valence-corrected chi connectivity index (χ2v) is 5.74. The highest BCUT2D eigenvalue weighted by Crippen LogP contribution is 2.26. The van der Waals surface area contributed by atoms with Crippen LogP contribution in [0.25, 0.3) is 0 Å². The molecule has 0 saturated heterocycles. The third-order valence-corrected chi connectivity index (χ3v) is 3.46. The average Bonchev–Trinajstić information content (AvgIpc) is 2.45. The van der Waals surface area contributed by atoms with Gasteiger partial charge in [0.15, 0.2) is 0 Å². The van der Waals surface area contributed by atoms with Gasteiger partial charge in [-0.3, -0.25) is 4.79 Å². The predicted molar refractivity (Wildman–Crippen MR) is 83.6 cm³/mol. The first-order chi connectivity index (χ1) is 10.7. The lowest BCUT2D eigenvalue weighted by atomic mass is 9.95. The maximum Gasteiger partial charge on any atom is 0.251 e. The van der Waals surface area contributed by atoms with E-state index in [0.29, 0.717) is 5.56 Å². The fourth-order valence-corrected chi connectivity index (χ4v) is 2.23. The van der Waals surface area contributed by atoms with Crippen LogP contribution in [0.15, 0.2) is 36.4 Å². The van der Waals surface area contributed by atoms with Crippen molar-refractivity contribution in [3.05, 3.63) is 64.7 Å². The van der Waals surface area contributed by atoms with E-state index in [0.717, 1.165) is 12.1 Å². The number of amides is 1. The first-order valence-electron chi connectivity index (χ1n) is 7.03. The molecule has 122 valence electrons. The molecule has 2 rings (SSSR count). The Kier molecular flexibility index (Phi) is 4.65. The van der Waals surface area contributed by atoms with Crippen molar-refractivity contribution >= 4 is 11.6 Å². The van der Waals surface area contributed by atoms with E-state index in [4.69, 9.17) is 5.73 Å². The van der Waals surface area contributed by atoms with Crippen LogP contribution < -0.4 is 11.1 Å². The molecule has 4 N–H and O–H groups in total. The fraction of sp³-hybridized carbons (Fsp3) is 0.235. The number of hydrogen-bond donors (Lipinski definition) is 3. The normalized spacial score (nSPS) is 11.3. The Bertz CT molecular complexity index is 720. The number of nitrogens with two attached hydrogens (primary N) is 1. The summed E-state index contributed by atoms with van der Waals surface area (Å²) in [7, 11) is 0. The smallest absolute Gasteiger partial charge is 0.251 e. The monoisotopic (exact) mass is 320 g/mol. The lowest BCUT2D eigenvalue weighted by Crippen LogP contribution is -2.25. The van der Waals surface area contributed by atoms with E-state index in [1.165, 1.54) is 18.2 Å². The molecule has 0 fully saturated rings. The zero-order chi connectivity index (χ0) is 17.2. The second-order valence-electron chi connectivity index (χ2n) is 5.74. The van der Waals surface area contributed by atoms with E-state index >= 15 is 0 Å². The summed E-state index contributed by atoms with van der Waals surface area (Å²) >= 11 is 0. The van der Waals surface area contributed by atoms with Gasteiger partial charge in [-0.2, -0.15) is 0 Å². The topological polar surface area (TPSA) is 75.3 Å². The van der Waals surface area contributed by atoms with E-state index in [2.05, 4.69) is 5.32 Å². The summed E-state index contributed by atoms with van der Waals surface area (Å²) < 4.78 is 27.0. The van der Waals surface area contributed by atoms with E-state index in [1.807, 2.05) is 0 Å². The van der Waals surface area contributed by atoms with Crippen molar-refractivity contribution in [3.8, 4) is 0 Å². The van der Waals surface area contributed by atoms with Crippen molar-refractivity contribution in [2.45, 2.75) is 26.0 Å². The number of hydrogen-bond acceptors (Lipinski definition) is 3. The molecule has 1 amide bonds. The molecule has 0 aromatic heterocycles. The molecule has 0 bridgehead atoms. The number of aliphatic hydroxyl groups is 1. The Hall–Kier alpha value is -2.47. The van der Waals surface area contributed by atoms with Gasteiger partial charge in [0.1, 0.15) is 11.6 Å². The highest BCUT2D eigenvalue weighted by molar-refractivity contribution is 5.95. The second kappa shape index (κ2) is 6.34. The summed E-state index contributed by atoms with van der Waals surface area (Å²) in [6, 6.07) is 7.97. The Balaban J connectivity index is 2.14. The van der Waals surface area contributed by atoms with Crippen molar-refractivity contribution < 1.29 is 18.7 Å². The fourth-order valence-electron chi connectivity index (χ4n) is 2.23. The summed E-state index contributed by atoms with van der Waals surface area (Å²) in [5.74, 6) is -1.95. The minimum Gasteiger partial charge on any atom is -0.398 e. The van der Waals surface area contributed by atoms with Crippen LogP contribution in [0.3, 0.4) is 0 Å². The molecule has 0 aliphatic carbocycles. The minimum absolute atomic E-state index is 0.207. The molecule has 0 saturated carbocycles. The molecule has 2 aromatic rings. The zero-order valence-corrected chi connectivity index (χ0v) is 12.9. The first kappa shape index (κ1) is 16.9. The molecule has 4 nitrogen and oxygen atoms in total. The zero-order valence-electron chi connectivity index (χ0n) is 12.9. The number of benzene rings is 2. The lowest BCUT2D eigenvalue weighted by molar-refractivity contribution is 0.0792. The van der Waals surface area contributed by atoms with Gasteiger partial charge in [-0.25, -0.2) is 8.78 Å². The molecule has 0 atom stereocenters. The van der Waals surface area contributed by atoms with Crippen molar-refractivity contribution in [3.63, 3.8) is 0 Å². The molecule has 0 radical (unpaired) electrons. The van der Waals surface area contributed by atoms with Gasteiger partial charge in [0.25, 0.3) is 5.91 Å². The number of rotatable bonds is 4. The molecular formula is C17H18F2N2O2. The molecule has 0 heterocycles. The van der Waals surface area contributed by atoms with Crippen LogP contribution in [-0.4, -0.2) is 11.0 Å². The SMILES string of the molecule is CC(C)(O)c1ccc(C(=O)NCc2c(F)cccc2F)cc1N. The molecule has 0 unspecified atom stereocenters. The summed E-state index contributed by atoms with van der Waals surface area (Å²) in [5.41, 5.74) is 5.51. The van der Waals surface area contributed by atoms with Gasteiger partial charge >= 0.3 is 0 Å². The van der Waals surface area contributed by atoms with Gasteiger partial charge in [0.2, 0.25) is 0 Å².